The normalized spacial score (nSPS) is 23.8. The number of halogens is 2. The van der Waals surface area contributed by atoms with Crippen molar-refractivity contribution >= 4 is 5.97 Å². The summed E-state index contributed by atoms with van der Waals surface area (Å²) in [6.45, 7) is 2.07. The van der Waals surface area contributed by atoms with Crippen LogP contribution in [0.1, 0.15) is 67.7 Å². The van der Waals surface area contributed by atoms with Crippen molar-refractivity contribution < 1.29 is 18.7 Å². The van der Waals surface area contributed by atoms with E-state index in [1.807, 2.05) is 0 Å². The molecule has 1 aliphatic rings. The number of carboxylic acids is 1. The lowest BCUT2D eigenvalue weighted by molar-refractivity contribution is 0.0674. The molecule has 0 bridgehead atoms. The summed E-state index contributed by atoms with van der Waals surface area (Å²) in [7, 11) is 0. The van der Waals surface area contributed by atoms with Crippen LogP contribution < -0.4 is 0 Å². The SMILES string of the molecule is CCC1CCCC(n2nnc(C(=O)O)c2C(F)F)C1. The molecule has 2 atom stereocenters. The first-order valence-electron chi connectivity index (χ1n) is 6.51. The molecular weight excluding hydrogens is 256 g/mol. The molecule has 1 aromatic rings. The first kappa shape index (κ1) is 13.9. The molecule has 0 spiro atoms. The monoisotopic (exact) mass is 273 g/mol. The first-order chi connectivity index (χ1) is 9.04. The number of aromatic nitrogens is 3. The van der Waals surface area contributed by atoms with Crippen LogP contribution in [0.25, 0.3) is 0 Å². The van der Waals surface area contributed by atoms with Gasteiger partial charge in [0.05, 0.1) is 6.04 Å². The highest BCUT2D eigenvalue weighted by Crippen LogP contribution is 2.36. The number of hydrogen-bond donors (Lipinski definition) is 1. The molecule has 0 amide bonds. The van der Waals surface area contributed by atoms with Crippen molar-refractivity contribution in [3.8, 4) is 0 Å². The van der Waals surface area contributed by atoms with Gasteiger partial charge in [0.1, 0.15) is 5.69 Å². The minimum atomic E-state index is -2.87. The fourth-order valence-corrected chi connectivity index (χ4v) is 2.78. The maximum atomic E-state index is 13.1. The van der Waals surface area contributed by atoms with Crippen molar-refractivity contribution in [3.05, 3.63) is 11.4 Å². The molecule has 19 heavy (non-hydrogen) atoms. The number of hydrogen-bond acceptors (Lipinski definition) is 3. The second-order valence-corrected chi connectivity index (χ2v) is 4.97. The number of rotatable bonds is 4. The molecule has 0 aliphatic heterocycles. The Balaban J connectivity index is 2.31. The van der Waals surface area contributed by atoms with Gasteiger partial charge in [0.15, 0.2) is 5.69 Å². The van der Waals surface area contributed by atoms with Crippen molar-refractivity contribution in [2.24, 2.45) is 5.92 Å². The molecule has 7 heteroatoms. The minimum absolute atomic E-state index is 0.164. The number of alkyl halides is 2. The van der Waals surface area contributed by atoms with Crippen LogP contribution >= 0.6 is 0 Å². The average molecular weight is 273 g/mol. The van der Waals surface area contributed by atoms with Crippen molar-refractivity contribution in [2.45, 2.75) is 51.5 Å². The lowest BCUT2D eigenvalue weighted by atomic mass is 9.84. The Bertz CT molecular complexity index is 462. The largest absolute Gasteiger partial charge is 0.476 e. The summed E-state index contributed by atoms with van der Waals surface area (Å²) >= 11 is 0. The predicted octanol–water partition coefficient (Wildman–Crippen LogP) is 3.06. The van der Waals surface area contributed by atoms with E-state index in [1.54, 1.807) is 0 Å². The van der Waals surface area contributed by atoms with Gasteiger partial charge in [0, 0.05) is 0 Å². The molecule has 1 N–H and O–H groups in total. The minimum Gasteiger partial charge on any atom is -0.476 e. The van der Waals surface area contributed by atoms with Crippen LogP contribution in [0.3, 0.4) is 0 Å². The predicted molar refractivity (Wildman–Crippen MR) is 63.2 cm³/mol. The van der Waals surface area contributed by atoms with E-state index in [4.69, 9.17) is 5.11 Å². The first-order valence-corrected chi connectivity index (χ1v) is 6.51. The second-order valence-electron chi connectivity index (χ2n) is 4.97. The van der Waals surface area contributed by atoms with Gasteiger partial charge in [-0.05, 0) is 18.8 Å². The fraction of sp³-hybridized carbons (Fsp3) is 0.750. The molecule has 1 aromatic heterocycles. The van der Waals surface area contributed by atoms with Crippen LogP contribution in [0.4, 0.5) is 8.78 Å². The summed E-state index contributed by atoms with van der Waals surface area (Å²) in [5, 5.41) is 15.9. The van der Waals surface area contributed by atoms with Crippen LogP contribution in [-0.4, -0.2) is 26.1 Å². The highest BCUT2D eigenvalue weighted by molar-refractivity contribution is 5.86. The molecule has 1 aliphatic carbocycles. The van der Waals surface area contributed by atoms with E-state index in [1.165, 1.54) is 0 Å². The van der Waals surface area contributed by atoms with Gasteiger partial charge in [-0.25, -0.2) is 18.3 Å². The molecule has 2 unspecified atom stereocenters. The van der Waals surface area contributed by atoms with Gasteiger partial charge >= 0.3 is 5.97 Å². The molecule has 0 saturated heterocycles. The van der Waals surface area contributed by atoms with Crippen molar-refractivity contribution in [3.63, 3.8) is 0 Å². The standard InChI is InChI=1S/C12H17F2N3O2/c1-2-7-4-3-5-8(6-7)17-10(11(13)14)9(12(18)19)15-16-17/h7-8,11H,2-6H2,1H3,(H,18,19). The van der Waals surface area contributed by atoms with Crippen LogP contribution in [0, 0.1) is 5.92 Å². The number of aromatic carboxylic acids is 1. The maximum Gasteiger partial charge on any atom is 0.358 e. The van der Waals surface area contributed by atoms with Gasteiger partial charge < -0.3 is 5.11 Å². The lowest BCUT2D eigenvalue weighted by Gasteiger charge is -2.29. The Morgan fingerprint density at radius 2 is 2.26 bits per heavy atom. The van der Waals surface area contributed by atoms with Crippen LogP contribution in [-0.2, 0) is 0 Å². The van der Waals surface area contributed by atoms with Crippen LogP contribution in [0.2, 0.25) is 0 Å². The molecule has 5 nitrogen and oxygen atoms in total. The van der Waals surface area contributed by atoms with E-state index in [2.05, 4.69) is 17.2 Å². The Hall–Kier alpha value is -1.53. The molecule has 0 aromatic carbocycles. The summed E-state index contributed by atoms with van der Waals surface area (Å²) < 4.78 is 27.2. The highest BCUT2D eigenvalue weighted by Gasteiger charge is 2.31. The summed E-state index contributed by atoms with van der Waals surface area (Å²) in [6, 6.07) is -0.164. The molecule has 1 fully saturated rings. The Morgan fingerprint density at radius 3 is 2.84 bits per heavy atom. The summed E-state index contributed by atoms with van der Waals surface area (Å²) in [4.78, 5) is 10.9. The Kier molecular flexibility index (Phi) is 4.11. The van der Waals surface area contributed by atoms with E-state index in [9.17, 15) is 13.6 Å². The van der Waals surface area contributed by atoms with Crippen molar-refractivity contribution in [1.82, 2.24) is 15.0 Å². The number of carbonyl (C=O) groups is 1. The smallest absolute Gasteiger partial charge is 0.358 e. The molecule has 2 rings (SSSR count). The molecule has 106 valence electrons. The zero-order valence-corrected chi connectivity index (χ0v) is 10.7. The average Bonchev–Trinajstić information content (AvgIpc) is 2.83. The molecule has 1 heterocycles. The highest BCUT2D eigenvalue weighted by atomic mass is 19.3. The summed E-state index contributed by atoms with van der Waals surface area (Å²) in [6.07, 6.45) is 1.69. The van der Waals surface area contributed by atoms with Crippen molar-refractivity contribution in [1.29, 1.82) is 0 Å². The third kappa shape index (κ3) is 2.74. The zero-order chi connectivity index (χ0) is 14.0. The van der Waals surface area contributed by atoms with Gasteiger partial charge in [-0.15, -0.1) is 5.10 Å². The maximum absolute atomic E-state index is 13.1. The zero-order valence-electron chi connectivity index (χ0n) is 10.7. The topological polar surface area (TPSA) is 68.0 Å². The van der Waals surface area contributed by atoms with E-state index >= 15 is 0 Å². The number of carboxylic acid groups (broad SMARTS) is 1. The van der Waals surface area contributed by atoms with Gasteiger partial charge in [0.2, 0.25) is 0 Å². The third-order valence-electron chi connectivity index (χ3n) is 3.82. The van der Waals surface area contributed by atoms with Gasteiger partial charge in [-0.1, -0.05) is 31.4 Å². The summed E-state index contributed by atoms with van der Waals surface area (Å²) in [5.41, 5.74) is -1.19. The van der Waals surface area contributed by atoms with Gasteiger partial charge in [0.25, 0.3) is 6.43 Å². The van der Waals surface area contributed by atoms with Gasteiger partial charge in [-0.2, -0.15) is 0 Å². The third-order valence-corrected chi connectivity index (χ3v) is 3.82. The van der Waals surface area contributed by atoms with E-state index in [0.717, 1.165) is 36.8 Å². The second kappa shape index (κ2) is 5.63. The summed E-state index contributed by atoms with van der Waals surface area (Å²) in [5.74, 6) is -0.967. The van der Waals surface area contributed by atoms with E-state index in [-0.39, 0.29) is 6.04 Å². The number of nitrogens with zero attached hydrogens (tertiary/aromatic N) is 3. The Labute approximate surface area is 109 Å². The van der Waals surface area contributed by atoms with Crippen LogP contribution in [0.5, 0.6) is 0 Å². The fourth-order valence-electron chi connectivity index (χ4n) is 2.78. The lowest BCUT2D eigenvalue weighted by Crippen LogP contribution is -2.22. The van der Waals surface area contributed by atoms with Crippen molar-refractivity contribution in [2.75, 3.05) is 0 Å². The van der Waals surface area contributed by atoms with E-state index in [0.29, 0.717) is 5.92 Å². The quantitative estimate of drug-likeness (QED) is 0.915. The van der Waals surface area contributed by atoms with E-state index < -0.39 is 23.8 Å². The van der Waals surface area contributed by atoms with Crippen LogP contribution in [0.15, 0.2) is 0 Å². The molecular formula is C12H17F2N3O2. The van der Waals surface area contributed by atoms with Gasteiger partial charge in [-0.3, -0.25) is 0 Å². The Morgan fingerprint density at radius 1 is 1.53 bits per heavy atom. The molecule has 0 radical (unpaired) electrons. The molecule has 1 saturated carbocycles.